The Labute approximate surface area is 116 Å². The van der Waals surface area contributed by atoms with E-state index in [0.717, 1.165) is 12.8 Å². The molecule has 0 saturated heterocycles. The average molecular weight is 277 g/mol. The second-order valence-corrected chi connectivity index (χ2v) is 5.76. The van der Waals surface area contributed by atoms with Crippen molar-refractivity contribution in [3.63, 3.8) is 0 Å². The number of nitrogens with one attached hydrogen (secondary N) is 1. The predicted molar refractivity (Wildman–Crippen MR) is 69.6 cm³/mol. The predicted octanol–water partition coefficient (Wildman–Crippen LogP) is 1.69. The highest BCUT2D eigenvalue weighted by Crippen LogP contribution is 2.48. The summed E-state index contributed by atoms with van der Waals surface area (Å²) in [6.45, 7) is 0.385. The van der Waals surface area contributed by atoms with E-state index in [-0.39, 0.29) is 17.1 Å². The number of rotatable bonds is 5. The van der Waals surface area contributed by atoms with Crippen molar-refractivity contribution in [1.82, 2.24) is 5.32 Å². The highest BCUT2D eigenvalue weighted by molar-refractivity contribution is 5.89. The van der Waals surface area contributed by atoms with Crippen LogP contribution in [0, 0.1) is 17.7 Å². The molecule has 2 unspecified atom stereocenters. The second-order valence-electron chi connectivity index (χ2n) is 5.76. The first-order valence-corrected chi connectivity index (χ1v) is 6.79. The van der Waals surface area contributed by atoms with Gasteiger partial charge in [0.25, 0.3) is 0 Å². The van der Waals surface area contributed by atoms with E-state index in [4.69, 9.17) is 5.11 Å². The molecule has 0 heterocycles. The first-order chi connectivity index (χ1) is 9.53. The van der Waals surface area contributed by atoms with E-state index in [1.54, 1.807) is 18.2 Å². The van der Waals surface area contributed by atoms with Crippen LogP contribution in [0.5, 0.6) is 0 Å². The lowest BCUT2D eigenvalue weighted by atomic mass is 9.95. The number of carboxylic acids is 1. The molecular formula is C15H16FNO3. The van der Waals surface area contributed by atoms with E-state index in [1.165, 1.54) is 6.07 Å². The number of carbonyl (C=O) groups is 2. The molecule has 2 N–H and O–H groups in total. The van der Waals surface area contributed by atoms with E-state index in [1.807, 2.05) is 0 Å². The van der Waals surface area contributed by atoms with E-state index in [9.17, 15) is 14.0 Å². The topological polar surface area (TPSA) is 66.4 Å². The van der Waals surface area contributed by atoms with Gasteiger partial charge in [-0.15, -0.1) is 0 Å². The van der Waals surface area contributed by atoms with Crippen molar-refractivity contribution in [2.45, 2.75) is 24.7 Å². The minimum Gasteiger partial charge on any atom is -0.481 e. The fourth-order valence-electron chi connectivity index (χ4n) is 2.73. The monoisotopic (exact) mass is 277 g/mol. The first kappa shape index (κ1) is 13.1. The number of benzene rings is 1. The number of hydrogen-bond acceptors (Lipinski definition) is 2. The third-order valence-corrected chi connectivity index (χ3v) is 4.34. The number of aliphatic carboxylic acids is 1. The van der Waals surface area contributed by atoms with Crippen LogP contribution in [0.3, 0.4) is 0 Å². The molecule has 4 nitrogen and oxygen atoms in total. The SMILES string of the molecule is O=C(O)C1CC1C(=O)NCC1(c2ccccc2F)CC1. The quantitative estimate of drug-likeness (QED) is 0.860. The Morgan fingerprint density at radius 1 is 1.30 bits per heavy atom. The summed E-state index contributed by atoms with van der Waals surface area (Å²) in [5, 5.41) is 11.6. The summed E-state index contributed by atoms with van der Waals surface area (Å²) in [7, 11) is 0. The Morgan fingerprint density at radius 3 is 2.55 bits per heavy atom. The number of carboxylic acid groups (broad SMARTS) is 1. The Kier molecular flexibility index (Phi) is 3.00. The lowest BCUT2D eigenvalue weighted by molar-refractivity contribution is -0.140. The van der Waals surface area contributed by atoms with Gasteiger partial charge in [0, 0.05) is 12.0 Å². The average Bonchev–Trinajstić information content (AvgIpc) is 3.30. The molecule has 0 aromatic heterocycles. The Balaban J connectivity index is 1.60. The lowest BCUT2D eigenvalue weighted by Gasteiger charge is -2.17. The molecule has 3 rings (SSSR count). The van der Waals surface area contributed by atoms with Crippen LogP contribution >= 0.6 is 0 Å². The molecule has 0 bridgehead atoms. The van der Waals surface area contributed by atoms with Crippen LogP contribution in [-0.4, -0.2) is 23.5 Å². The van der Waals surface area contributed by atoms with Crippen LogP contribution in [0.1, 0.15) is 24.8 Å². The van der Waals surface area contributed by atoms with E-state index in [2.05, 4.69) is 5.32 Å². The van der Waals surface area contributed by atoms with Gasteiger partial charge < -0.3 is 10.4 Å². The van der Waals surface area contributed by atoms with Gasteiger partial charge in [-0.2, -0.15) is 0 Å². The summed E-state index contributed by atoms with van der Waals surface area (Å²) in [6, 6.07) is 6.63. The van der Waals surface area contributed by atoms with Gasteiger partial charge in [-0.25, -0.2) is 4.39 Å². The Hall–Kier alpha value is -1.91. The highest BCUT2D eigenvalue weighted by atomic mass is 19.1. The molecule has 0 spiro atoms. The van der Waals surface area contributed by atoms with Crippen LogP contribution in [-0.2, 0) is 15.0 Å². The first-order valence-electron chi connectivity index (χ1n) is 6.79. The summed E-state index contributed by atoms with van der Waals surface area (Å²) in [4.78, 5) is 22.6. The molecule has 0 aliphatic heterocycles. The van der Waals surface area contributed by atoms with Crippen molar-refractivity contribution in [1.29, 1.82) is 0 Å². The van der Waals surface area contributed by atoms with E-state index >= 15 is 0 Å². The van der Waals surface area contributed by atoms with Crippen LogP contribution in [0.15, 0.2) is 24.3 Å². The molecule has 106 valence electrons. The minimum atomic E-state index is -0.916. The molecule has 5 heteroatoms. The van der Waals surface area contributed by atoms with Gasteiger partial charge in [-0.05, 0) is 30.9 Å². The van der Waals surface area contributed by atoms with Gasteiger partial charge in [-0.1, -0.05) is 18.2 Å². The van der Waals surface area contributed by atoms with Gasteiger partial charge in [-0.3, -0.25) is 9.59 Å². The maximum absolute atomic E-state index is 13.8. The lowest BCUT2D eigenvalue weighted by Crippen LogP contribution is -2.34. The van der Waals surface area contributed by atoms with Gasteiger partial charge in [0.05, 0.1) is 11.8 Å². The normalized spacial score (nSPS) is 25.9. The third kappa shape index (κ3) is 2.28. The minimum absolute atomic E-state index is 0.222. The van der Waals surface area contributed by atoms with Crippen LogP contribution < -0.4 is 5.32 Å². The molecule has 2 aliphatic carbocycles. The van der Waals surface area contributed by atoms with Gasteiger partial charge >= 0.3 is 5.97 Å². The number of halogens is 1. The number of hydrogen-bond donors (Lipinski definition) is 2. The third-order valence-electron chi connectivity index (χ3n) is 4.34. The molecule has 0 radical (unpaired) electrons. The van der Waals surface area contributed by atoms with E-state index in [0.29, 0.717) is 18.5 Å². The zero-order valence-corrected chi connectivity index (χ0v) is 10.9. The molecule has 1 aromatic carbocycles. The summed E-state index contributed by atoms with van der Waals surface area (Å²) < 4.78 is 13.8. The molecule has 2 aliphatic rings. The molecule has 1 aromatic rings. The van der Waals surface area contributed by atoms with Crippen LogP contribution in [0.25, 0.3) is 0 Å². The Morgan fingerprint density at radius 2 is 2.00 bits per heavy atom. The summed E-state index contributed by atoms with van der Waals surface area (Å²) >= 11 is 0. The fourth-order valence-corrected chi connectivity index (χ4v) is 2.73. The maximum atomic E-state index is 13.8. The van der Waals surface area contributed by atoms with Crippen LogP contribution in [0.4, 0.5) is 4.39 Å². The van der Waals surface area contributed by atoms with Crippen molar-refractivity contribution < 1.29 is 19.1 Å². The number of amides is 1. The van der Waals surface area contributed by atoms with Crippen molar-refractivity contribution >= 4 is 11.9 Å². The second kappa shape index (κ2) is 4.58. The zero-order valence-electron chi connectivity index (χ0n) is 10.9. The molecule has 2 fully saturated rings. The van der Waals surface area contributed by atoms with Gasteiger partial charge in [0.15, 0.2) is 0 Å². The smallest absolute Gasteiger partial charge is 0.307 e. The maximum Gasteiger partial charge on any atom is 0.307 e. The van der Waals surface area contributed by atoms with Gasteiger partial charge in [0.1, 0.15) is 5.82 Å². The molecular weight excluding hydrogens is 261 g/mol. The highest BCUT2D eigenvalue weighted by Gasteiger charge is 2.50. The van der Waals surface area contributed by atoms with Gasteiger partial charge in [0.2, 0.25) is 5.91 Å². The molecule has 2 atom stereocenters. The van der Waals surface area contributed by atoms with Crippen LogP contribution in [0.2, 0.25) is 0 Å². The van der Waals surface area contributed by atoms with E-state index < -0.39 is 17.8 Å². The standard InChI is InChI=1S/C15H16FNO3/c16-12-4-2-1-3-11(12)15(5-6-15)8-17-13(18)9-7-10(9)14(19)20/h1-4,9-10H,5-8H2,(H,17,18)(H,19,20). The van der Waals surface area contributed by atoms with Crippen molar-refractivity contribution in [3.05, 3.63) is 35.6 Å². The van der Waals surface area contributed by atoms with Crippen molar-refractivity contribution in [2.75, 3.05) is 6.54 Å². The van der Waals surface area contributed by atoms with Crippen molar-refractivity contribution in [3.8, 4) is 0 Å². The largest absolute Gasteiger partial charge is 0.481 e. The summed E-state index contributed by atoms with van der Waals surface area (Å²) in [5.41, 5.74) is 0.347. The fraction of sp³-hybridized carbons (Fsp3) is 0.467. The Bertz CT molecular complexity index is 568. The number of carbonyl (C=O) groups excluding carboxylic acids is 1. The summed E-state index contributed by atoms with van der Waals surface area (Å²) in [6.07, 6.45) is 2.11. The molecule has 20 heavy (non-hydrogen) atoms. The summed E-state index contributed by atoms with van der Waals surface area (Å²) in [5.74, 6) is -2.34. The molecule has 2 saturated carbocycles. The van der Waals surface area contributed by atoms with Crippen molar-refractivity contribution in [2.24, 2.45) is 11.8 Å². The zero-order chi connectivity index (χ0) is 14.3. The molecule has 1 amide bonds.